The molecular formula is C26H29BrN5O2+. The number of hydrogen-bond donors (Lipinski definition) is 2. The first-order chi connectivity index (χ1) is 16.4. The second-order valence-corrected chi connectivity index (χ2v) is 11.0. The lowest BCUT2D eigenvalue weighted by atomic mass is 9.96. The van der Waals surface area contributed by atoms with Crippen LogP contribution in [0.4, 0.5) is 5.69 Å². The number of aromatic hydroxyl groups is 1. The number of oxime groups is 1. The quantitative estimate of drug-likeness (QED) is 0.225. The molecule has 1 aromatic heterocycles. The zero-order chi connectivity index (χ0) is 23.5. The van der Waals surface area contributed by atoms with Crippen molar-refractivity contribution < 1.29 is 14.4 Å². The normalized spacial score (nSPS) is 24.6. The van der Waals surface area contributed by atoms with Gasteiger partial charge in [-0.25, -0.2) is 4.99 Å². The van der Waals surface area contributed by atoms with Crippen LogP contribution >= 0.6 is 15.9 Å². The van der Waals surface area contributed by atoms with Gasteiger partial charge < -0.3 is 24.3 Å². The Hall–Kier alpha value is -2.68. The second kappa shape index (κ2) is 7.93. The number of nitrogens with zero attached hydrogens (tertiary/aromatic N) is 4. The Labute approximate surface area is 207 Å². The fourth-order valence-electron chi connectivity index (χ4n) is 5.74. The number of fused-ring (bicyclic) bond motifs is 2. The number of piperidine rings is 1. The maximum absolute atomic E-state index is 10.8. The van der Waals surface area contributed by atoms with Crippen molar-refractivity contribution in [3.63, 3.8) is 0 Å². The van der Waals surface area contributed by atoms with Gasteiger partial charge in [-0.15, -0.1) is 0 Å². The maximum atomic E-state index is 10.8. The predicted molar refractivity (Wildman–Crippen MR) is 138 cm³/mol. The monoisotopic (exact) mass is 522 g/mol. The van der Waals surface area contributed by atoms with E-state index in [0.29, 0.717) is 29.1 Å². The van der Waals surface area contributed by atoms with Crippen molar-refractivity contribution in [2.45, 2.75) is 18.4 Å². The summed E-state index contributed by atoms with van der Waals surface area (Å²) >= 11 is 3.54. The summed E-state index contributed by atoms with van der Waals surface area (Å²) in [5.74, 6) is 0.0822. The van der Waals surface area contributed by atoms with Crippen LogP contribution in [0, 0.1) is 0 Å². The number of aliphatic imine (C=N–C) groups is 1. The molecule has 4 heterocycles. The van der Waals surface area contributed by atoms with Gasteiger partial charge in [-0.2, -0.15) is 0 Å². The Bertz CT molecular complexity index is 1340. The van der Waals surface area contributed by atoms with Gasteiger partial charge in [0.1, 0.15) is 24.5 Å². The molecule has 0 amide bonds. The van der Waals surface area contributed by atoms with Crippen LogP contribution in [0.1, 0.15) is 24.0 Å². The van der Waals surface area contributed by atoms with Gasteiger partial charge in [-0.3, -0.25) is 0 Å². The molecule has 1 spiro atoms. The SMILES string of the molecule is CN1CCC2(CC1)C[N+]2(C)CCON=C1C(c2c(O)[nH]c3ccc(Br)cc23)=Nc2ccccc21. The molecule has 3 aromatic rings. The van der Waals surface area contributed by atoms with E-state index in [1.807, 2.05) is 42.5 Å². The number of rotatable bonds is 5. The van der Waals surface area contributed by atoms with Crippen molar-refractivity contribution >= 4 is 43.9 Å². The maximum Gasteiger partial charge on any atom is 0.199 e. The van der Waals surface area contributed by atoms with Crippen molar-refractivity contribution in [1.29, 1.82) is 0 Å². The van der Waals surface area contributed by atoms with Gasteiger partial charge in [0.25, 0.3) is 0 Å². The molecule has 2 N–H and O–H groups in total. The molecule has 0 radical (unpaired) electrons. The number of aromatic amines is 1. The third-order valence-electron chi connectivity index (χ3n) is 8.03. The summed E-state index contributed by atoms with van der Waals surface area (Å²) in [6, 6.07) is 13.8. The number of H-pyrrole nitrogens is 1. The minimum Gasteiger partial charge on any atom is -0.494 e. The number of benzene rings is 2. The van der Waals surface area contributed by atoms with E-state index in [-0.39, 0.29) is 5.88 Å². The first-order valence-electron chi connectivity index (χ1n) is 11.8. The van der Waals surface area contributed by atoms with Crippen LogP contribution in [0.15, 0.2) is 57.1 Å². The van der Waals surface area contributed by atoms with Crippen LogP contribution in [0.25, 0.3) is 10.9 Å². The molecule has 3 aliphatic rings. The number of likely N-dealkylation sites (N-methyl/N-ethyl adjacent to an activating group) is 1. The van der Waals surface area contributed by atoms with E-state index >= 15 is 0 Å². The molecule has 176 valence electrons. The van der Waals surface area contributed by atoms with Gasteiger partial charge in [-0.05, 0) is 31.3 Å². The highest BCUT2D eigenvalue weighted by atomic mass is 79.9. The minimum atomic E-state index is 0.0822. The Kier molecular flexibility index (Phi) is 5.09. The highest BCUT2D eigenvalue weighted by Crippen LogP contribution is 2.48. The number of para-hydroxylation sites is 1. The molecule has 0 bridgehead atoms. The second-order valence-electron chi connectivity index (χ2n) is 10.1. The Balaban J connectivity index is 1.25. The zero-order valence-corrected chi connectivity index (χ0v) is 21.1. The Morgan fingerprint density at radius 1 is 1.24 bits per heavy atom. The largest absolute Gasteiger partial charge is 0.494 e. The topological polar surface area (TPSA) is 73.2 Å². The molecule has 3 aliphatic heterocycles. The van der Waals surface area contributed by atoms with Crippen molar-refractivity contribution in [3.05, 3.63) is 58.1 Å². The lowest BCUT2D eigenvalue weighted by Gasteiger charge is -2.30. The van der Waals surface area contributed by atoms with E-state index in [0.717, 1.165) is 37.7 Å². The van der Waals surface area contributed by atoms with Crippen LogP contribution in [0.5, 0.6) is 5.88 Å². The summed E-state index contributed by atoms with van der Waals surface area (Å²) in [6.45, 7) is 5.09. The first-order valence-corrected chi connectivity index (χ1v) is 12.6. The fourth-order valence-corrected chi connectivity index (χ4v) is 6.11. The average Bonchev–Trinajstić information content (AvgIpc) is 3.07. The number of aromatic nitrogens is 1. The standard InChI is InChI=1S/C26H28BrN5O2/c1-31-11-9-26(10-12-31)16-32(26,2)13-14-34-30-23-18-5-3-4-6-20(18)28-24(23)22-19-15-17(27)7-8-21(19)29-25(22)33/h3-8,15H,9-14,16H2,1-2H3,(H-,28,29,30,33)/p+1. The average molecular weight is 523 g/mol. The molecule has 1 unspecified atom stereocenters. The molecule has 2 aromatic carbocycles. The fraction of sp³-hybridized carbons (Fsp3) is 0.385. The van der Waals surface area contributed by atoms with Gasteiger partial charge in [0, 0.05) is 46.9 Å². The molecule has 6 rings (SSSR count). The summed E-state index contributed by atoms with van der Waals surface area (Å²) in [5.41, 5.74) is 4.95. The molecule has 34 heavy (non-hydrogen) atoms. The van der Waals surface area contributed by atoms with Crippen LogP contribution in [-0.2, 0) is 4.84 Å². The molecule has 2 saturated heterocycles. The van der Waals surface area contributed by atoms with Crippen LogP contribution in [0.2, 0.25) is 0 Å². The van der Waals surface area contributed by atoms with E-state index in [1.165, 1.54) is 32.5 Å². The summed E-state index contributed by atoms with van der Waals surface area (Å²) < 4.78 is 2.00. The van der Waals surface area contributed by atoms with Crippen LogP contribution in [0.3, 0.4) is 0 Å². The summed E-state index contributed by atoms with van der Waals surface area (Å²) in [7, 11) is 4.56. The number of quaternary nitrogens is 1. The lowest BCUT2D eigenvalue weighted by molar-refractivity contribution is -0.811. The summed E-state index contributed by atoms with van der Waals surface area (Å²) in [6.07, 6.45) is 2.52. The van der Waals surface area contributed by atoms with Crippen molar-refractivity contribution in [1.82, 2.24) is 9.88 Å². The molecule has 2 fully saturated rings. The van der Waals surface area contributed by atoms with Crippen LogP contribution in [-0.4, -0.2) is 83.3 Å². The van der Waals surface area contributed by atoms with Gasteiger partial charge >= 0.3 is 0 Å². The third kappa shape index (κ3) is 3.47. The molecule has 0 aliphatic carbocycles. The van der Waals surface area contributed by atoms with E-state index in [2.05, 4.69) is 45.1 Å². The highest BCUT2D eigenvalue weighted by Gasteiger charge is 2.66. The number of nitrogens with one attached hydrogen (secondary N) is 1. The van der Waals surface area contributed by atoms with Crippen molar-refractivity contribution in [2.75, 3.05) is 46.9 Å². The van der Waals surface area contributed by atoms with Gasteiger partial charge in [-0.1, -0.05) is 39.3 Å². The zero-order valence-electron chi connectivity index (χ0n) is 19.5. The van der Waals surface area contributed by atoms with E-state index in [4.69, 9.17) is 9.83 Å². The van der Waals surface area contributed by atoms with Crippen molar-refractivity contribution in [3.8, 4) is 5.88 Å². The Morgan fingerprint density at radius 3 is 2.85 bits per heavy atom. The van der Waals surface area contributed by atoms with E-state index < -0.39 is 0 Å². The van der Waals surface area contributed by atoms with Gasteiger partial charge in [0.2, 0.25) is 0 Å². The van der Waals surface area contributed by atoms with Crippen molar-refractivity contribution in [2.24, 2.45) is 10.1 Å². The van der Waals surface area contributed by atoms with Crippen LogP contribution < -0.4 is 0 Å². The summed E-state index contributed by atoms with van der Waals surface area (Å²) in [4.78, 5) is 16.2. The molecule has 7 nitrogen and oxygen atoms in total. The van der Waals surface area contributed by atoms with Gasteiger partial charge in [0.05, 0.1) is 18.3 Å². The third-order valence-corrected chi connectivity index (χ3v) is 8.52. The molecule has 1 atom stereocenters. The highest BCUT2D eigenvalue weighted by molar-refractivity contribution is 9.10. The van der Waals surface area contributed by atoms with E-state index in [1.54, 1.807) is 0 Å². The molecular weight excluding hydrogens is 494 g/mol. The first kappa shape index (κ1) is 21.8. The lowest BCUT2D eigenvalue weighted by Crippen LogP contribution is -2.43. The number of hydrogen-bond acceptors (Lipinski definition) is 5. The number of likely N-dealkylation sites (tertiary alicyclic amines) is 1. The molecule has 8 heteroatoms. The number of halogens is 1. The van der Waals surface area contributed by atoms with Gasteiger partial charge in [0.15, 0.2) is 18.0 Å². The predicted octanol–water partition coefficient (Wildman–Crippen LogP) is 4.42. The molecule has 0 saturated carbocycles. The van der Waals surface area contributed by atoms with E-state index in [9.17, 15) is 5.11 Å². The smallest absolute Gasteiger partial charge is 0.199 e. The minimum absolute atomic E-state index is 0.0822. The summed E-state index contributed by atoms with van der Waals surface area (Å²) in [5, 5.41) is 16.2. The Morgan fingerprint density at radius 2 is 2.03 bits per heavy atom.